The highest BCUT2D eigenvalue weighted by molar-refractivity contribution is 5.89. The molecule has 0 saturated carbocycles. The number of aromatic nitrogens is 2. The molecule has 1 saturated heterocycles. The number of anilines is 1. The summed E-state index contributed by atoms with van der Waals surface area (Å²) < 4.78 is 5.89. The molecule has 2 aromatic rings. The molecule has 1 fully saturated rings. The Labute approximate surface area is 167 Å². The summed E-state index contributed by atoms with van der Waals surface area (Å²) >= 11 is 0. The lowest BCUT2D eigenvalue weighted by Crippen LogP contribution is -2.46. The Kier molecular flexibility index (Phi) is 6.17. The van der Waals surface area contributed by atoms with Crippen molar-refractivity contribution in [2.45, 2.75) is 58.5 Å². The summed E-state index contributed by atoms with van der Waals surface area (Å²) in [6.45, 7) is 9.84. The molecule has 1 unspecified atom stereocenters. The van der Waals surface area contributed by atoms with Gasteiger partial charge in [0.15, 0.2) is 0 Å². The van der Waals surface area contributed by atoms with Crippen LogP contribution in [-0.4, -0.2) is 40.1 Å². The van der Waals surface area contributed by atoms with Crippen LogP contribution in [0.2, 0.25) is 0 Å². The van der Waals surface area contributed by atoms with Crippen LogP contribution in [0.5, 0.6) is 6.01 Å². The van der Waals surface area contributed by atoms with E-state index >= 15 is 0 Å². The minimum Gasteiger partial charge on any atom is -0.458 e. The number of rotatable bonds is 4. The molecule has 6 nitrogen and oxygen atoms in total. The monoisotopic (exact) mass is 382 g/mol. The minimum absolute atomic E-state index is 0.0877. The molecule has 2 amide bonds. The van der Waals surface area contributed by atoms with E-state index in [4.69, 9.17) is 4.74 Å². The molecule has 0 aliphatic carbocycles. The van der Waals surface area contributed by atoms with Gasteiger partial charge in [-0.15, -0.1) is 0 Å². The van der Waals surface area contributed by atoms with E-state index in [9.17, 15) is 4.79 Å². The van der Waals surface area contributed by atoms with Gasteiger partial charge in [0.1, 0.15) is 6.10 Å². The van der Waals surface area contributed by atoms with Gasteiger partial charge in [0.25, 0.3) is 0 Å². The zero-order valence-electron chi connectivity index (χ0n) is 17.2. The third-order valence-electron chi connectivity index (χ3n) is 5.03. The average molecular weight is 383 g/mol. The van der Waals surface area contributed by atoms with Gasteiger partial charge in [-0.1, -0.05) is 39.8 Å². The smallest absolute Gasteiger partial charge is 0.321 e. The Morgan fingerprint density at radius 2 is 1.89 bits per heavy atom. The number of piperidine rings is 1. The van der Waals surface area contributed by atoms with Crippen LogP contribution in [0.4, 0.5) is 10.5 Å². The number of likely N-dealkylation sites (tertiary alicyclic amines) is 1. The summed E-state index contributed by atoms with van der Waals surface area (Å²) in [6.07, 6.45) is 6.18. The van der Waals surface area contributed by atoms with Gasteiger partial charge in [-0.2, -0.15) is 0 Å². The van der Waals surface area contributed by atoms with Gasteiger partial charge in [0.05, 0.1) is 6.54 Å². The summed E-state index contributed by atoms with van der Waals surface area (Å²) in [4.78, 5) is 23.0. The first-order chi connectivity index (χ1) is 13.3. The Morgan fingerprint density at radius 1 is 1.21 bits per heavy atom. The van der Waals surface area contributed by atoms with E-state index < -0.39 is 0 Å². The second kappa shape index (κ2) is 8.59. The summed E-state index contributed by atoms with van der Waals surface area (Å²) in [6, 6.07) is 8.32. The summed E-state index contributed by atoms with van der Waals surface area (Å²) in [5.41, 5.74) is 3.22. The van der Waals surface area contributed by atoms with Crippen molar-refractivity contribution in [3.8, 4) is 6.01 Å². The Hall–Kier alpha value is -2.63. The van der Waals surface area contributed by atoms with Crippen LogP contribution in [-0.2, 0) is 11.8 Å². The van der Waals surface area contributed by atoms with E-state index in [-0.39, 0.29) is 17.6 Å². The number of carbonyl (C=O) groups excluding carboxylic acids is 1. The van der Waals surface area contributed by atoms with E-state index in [0.29, 0.717) is 12.6 Å². The van der Waals surface area contributed by atoms with Gasteiger partial charge in [-0.05, 0) is 47.9 Å². The third kappa shape index (κ3) is 5.21. The number of hydrogen-bond donors (Lipinski definition) is 1. The van der Waals surface area contributed by atoms with Crippen molar-refractivity contribution >= 4 is 11.7 Å². The molecule has 1 N–H and O–H groups in total. The van der Waals surface area contributed by atoms with Crippen molar-refractivity contribution < 1.29 is 9.53 Å². The molecule has 2 heterocycles. The maximum atomic E-state index is 12.7. The van der Waals surface area contributed by atoms with Gasteiger partial charge in [-0.3, -0.25) is 0 Å². The number of hydrogen-bond acceptors (Lipinski definition) is 4. The fraction of sp³-hybridized carbons (Fsp3) is 0.500. The molecular weight excluding hydrogens is 352 g/mol. The number of amides is 2. The van der Waals surface area contributed by atoms with Crippen molar-refractivity contribution in [2.24, 2.45) is 0 Å². The second-order valence-corrected chi connectivity index (χ2v) is 8.31. The van der Waals surface area contributed by atoms with Crippen molar-refractivity contribution in [1.29, 1.82) is 0 Å². The first-order valence-corrected chi connectivity index (χ1v) is 9.99. The van der Waals surface area contributed by atoms with Gasteiger partial charge >= 0.3 is 12.0 Å². The normalized spacial score (nSPS) is 17.3. The predicted molar refractivity (Wildman–Crippen MR) is 111 cm³/mol. The molecule has 0 bridgehead atoms. The SMILES string of the molecule is CCc1cnc(OC2CCCN(C(=O)Nc3ccc(C(C)(C)C)cc3)C2)nc1. The van der Waals surface area contributed by atoms with E-state index in [1.807, 2.05) is 12.1 Å². The molecule has 0 spiro atoms. The lowest BCUT2D eigenvalue weighted by molar-refractivity contribution is 0.0982. The first kappa shape index (κ1) is 20.1. The number of nitrogens with one attached hydrogen (secondary N) is 1. The van der Waals surface area contributed by atoms with E-state index in [1.54, 1.807) is 17.3 Å². The van der Waals surface area contributed by atoms with Crippen LogP contribution in [0, 0.1) is 0 Å². The molecule has 1 aliphatic rings. The van der Waals surface area contributed by atoms with E-state index in [0.717, 1.165) is 37.1 Å². The second-order valence-electron chi connectivity index (χ2n) is 8.31. The van der Waals surface area contributed by atoms with Crippen LogP contribution in [0.15, 0.2) is 36.7 Å². The zero-order valence-corrected chi connectivity index (χ0v) is 17.2. The summed E-state index contributed by atoms with van der Waals surface area (Å²) in [5.74, 6) is 0. The van der Waals surface area contributed by atoms with Crippen LogP contribution >= 0.6 is 0 Å². The van der Waals surface area contributed by atoms with Crippen molar-refractivity contribution in [3.63, 3.8) is 0 Å². The number of ether oxygens (including phenoxy) is 1. The highest BCUT2D eigenvalue weighted by Gasteiger charge is 2.25. The molecule has 1 atom stereocenters. The highest BCUT2D eigenvalue weighted by atomic mass is 16.5. The molecule has 1 aliphatic heterocycles. The Morgan fingerprint density at radius 3 is 2.50 bits per heavy atom. The van der Waals surface area contributed by atoms with Crippen LogP contribution in [0.3, 0.4) is 0 Å². The minimum atomic E-state index is -0.0981. The maximum absolute atomic E-state index is 12.7. The van der Waals surface area contributed by atoms with Crippen molar-refractivity contribution in [1.82, 2.24) is 14.9 Å². The third-order valence-corrected chi connectivity index (χ3v) is 5.03. The predicted octanol–water partition coefficient (Wildman–Crippen LogP) is 4.41. The average Bonchev–Trinajstić information content (AvgIpc) is 2.68. The number of carbonyl (C=O) groups is 1. The number of nitrogens with zero attached hydrogens (tertiary/aromatic N) is 3. The van der Waals surface area contributed by atoms with Gasteiger partial charge in [0, 0.05) is 24.6 Å². The van der Waals surface area contributed by atoms with E-state index in [2.05, 4.69) is 55.1 Å². The molecule has 6 heteroatoms. The van der Waals surface area contributed by atoms with Gasteiger partial charge in [-0.25, -0.2) is 14.8 Å². The summed E-state index contributed by atoms with van der Waals surface area (Å²) in [7, 11) is 0. The lowest BCUT2D eigenvalue weighted by atomic mass is 9.87. The first-order valence-electron chi connectivity index (χ1n) is 9.99. The van der Waals surface area contributed by atoms with Crippen LogP contribution in [0.1, 0.15) is 51.7 Å². The Bertz CT molecular complexity index is 782. The maximum Gasteiger partial charge on any atom is 0.321 e. The fourth-order valence-corrected chi connectivity index (χ4v) is 3.21. The molecule has 1 aromatic carbocycles. The Balaban J connectivity index is 1.56. The number of urea groups is 1. The molecule has 28 heavy (non-hydrogen) atoms. The largest absolute Gasteiger partial charge is 0.458 e. The lowest BCUT2D eigenvalue weighted by Gasteiger charge is -2.32. The molecule has 1 aromatic heterocycles. The quantitative estimate of drug-likeness (QED) is 0.850. The zero-order chi connectivity index (χ0) is 20.1. The molecule has 150 valence electrons. The van der Waals surface area contributed by atoms with Gasteiger partial charge < -0.3 is 15.0 Å². The van der Waals surface area contributed by atoms with Crippen molar-refractivity contribution in [2.75, 3.05) is 18.4 Å². The number of benzene rings is 1. The topological polar surface area (TPSA) is 67.3 Å². The van der Waals surface area contributed by atoms with Crippen LogP contribution in [0.25, 0.3) is 0 Å². The van der Waals surface area contributed by atoms with Crippen molar-refractivity contribution in [3.05, 3.63) is 47.8 Å². The van der Waals surface area contributed by atoms with E-state index in [1.165, 1.54) is 5.56 Å². The highest BCUT2D eigenvalue weighted by Crippen LogP contribution is 2.24. The number of aryl methyl sites for hydroxylation is 1. The van der Waals surface area contributed by atoms with Crippen LogP contribution < -0.4 is 10.1 Å². The molecular formula is C22H30N4O2. The van der Waals surface area contributed by atoms with Gasteiger partial charge in [0.2, 0.25) is 0 Å². The fourth-order valence-electron chi connectivity index (χ4n) is 3.21. The molecule has 0 radical (unpaired) electrons. The summed E-state index contributed by atoms with van der Waals surface area (Å²) in [5, 5.41) is 2.99. The molecule has 3 rings (SSSR count). The standard InChI is InChI=1S/C22H30N4O2/c1-5-16-13-23-20(24-14-16)28-19-7-6-12-26(15-19)21(27)25-18-10-8-17(9-11-18)22(2,3)4/h8-11,13-14,19H,5-7,12,15H2,1-4H3,(H,25,27).